The fourth-order valence-electron chi connectivity index (χ4n) is 6.71. The predicted molar refractivity (Wildman–Crippen MR) is 226 cm³/mol. The van der Waals surface area contributed by atoms with Crippen LogP contribution in [0.25, 0.3) is 0 Å². The van der Waals surface area contributed by atoms with Crippen molar-refractivity contribution in [1.82, 2.24) is 5.32 Å². The van der Waals surface area contributed by atoms with E-state index in [4.69, 9.17) is 9.47 Å². The molecule has 9 heteroatoms. The molecule has 0 radical (unpaired) electrons. The monoisotopic (exact) mass is 778 g/mol. The van der Waals surface area contributed by atoms with E-state index in [0.29, 0.717) is 6.42 Å². The highest BCUT2D eigenvalue weighted by Crippen LogP contribution is 2.22. The predicted octanol–water partition coefficient (Wildman–Crippen LogP) is 9.06. The van der Waals surface area contributed by atoms with Crippen molar-refractivity contribution >= 4 is 5.91 Å². The molecule has 1 aliphatic heterocycles. The van der Waals surface area contributed by atoms with Crippen LogP contribution in [0.5, 0.6) is 0 Å². The van der Waals surface area contributed by atoms with Crippen molar-refractivity contribution in [1.29, 1.82) is 0 Å². The maximum absolute atomic E-state index is 12.9. The quantitative estimate of drug-likeness (QED) is 0.0273. The van der Waals surface area contributed by atoms with Crippen molar-refractivity contribution in [3.05, 3.63) is 48.6 Å². The topological polar surface area (TPSA) is 149 Å². The second-order valence-corrected chi connectivity index (χ2v) is 15.5. The summed E-state index contributed by atoms with van der Waals surface area (Å²) >= 11 is 0. The lowest BCUT2D eigenvalue weighted by molar-refractivity contribution is -0.302. The van der Waals surface area contributed by atoms with E-state index in [0.717, 1.165) is 64.2 Å². The average Bonchev–Trinajstić information content (AvgIpc) is 3.18. The van der Waals surface area contributed by atoms with Crippen molar-refractivity contribution < 1.29 is 39.8 Å². The first-order valence-electron chi connectivity index (χ1n) is 22.4. The Morgan fingerprint density at radius 3 is 1.55 bits per heavy atom. The first-order valence-corrected chi connectivity index (χ1v) is 22.4. The van der Waals surface area contributed by atoms with Crippen LogP contribution >= 0.6 is 0 Å². The third-order valence-electron chi connectivity index (χ3n) is 10.4. The number of ether oxygens (including phenoxy) is 2. The highest BCUT2D eigenvalue weighted by molar-refractivity contribution is 5.76. The Kier molecular flexibility index (Phi) is 33.9. The summed E-state index contributed by atoms with van der Waals surface area (Å²) in [4.78, 5) is 12.9. The number of carbonyl (C=O) groups excluding carboxylic acids is 1. The van der Waals surface area contributed by atoms with E-state index in [2.05, 4.69) is 55.6 Å². The van der Waals surface area contributed by atoms with Crippen molar-refractivity contribution in [2.45, 2.75) is 224 Å². The summed E-state index contributed by atoms with van der Waals surface area (Å²) in [6, 6.07) is -0.831. The Hall–Kier alpha value is -1.85. The molecule has 6 N–H and O–H groups in total. The van der Waals surface area contributed by atoms with E-state index < -0.39 is 49.5 Å². The number of allylic oxidation sites excluding steroid dienone is 7. The van der Waals surface area contributed by atoms with Gasteiger partial charge < -0.3 is 40.3 Å². The van der Waals surface area contributed by atoms with Gasteiger partial charge in [-0.3, -0.25) is 4.79 Å². The van der Waals surface area contributed by atoms with Gasteiger partial charge in [0.2, 0.25) is 5.91 Å². The molecular weight excluding hydrogens is 695 g/mol. The summed E-state index contributed by atoms with van der Waals surface area (Å²) in [7, 11) is 0. The molecule has 1 fully saturated rings. The molecule has 55 heavy (non-hydrogen) atoms. The van der Waals surface area contributed by atoms with Gasteiger partial charge in [0.05, 0.1) is 25.4 Å². The van der Waals surface area contributed by atoms with Crippen LogP contribution in [0.3, 0.4) is 0 Å². The summed E-state index contributed by atoms with van der Waals surface area (Å²) in [5.41, 5.74) is 0. The largest absolute Gasteiger partial charge is 0.394 e. The molecule has 0 bridgehead atoms. The molecule has 7 atom stereocenters. The summed E-state index contributed by atoms with van der Waals surface area (Å²) < 4.78 is 11.2. The highest BCUT2D eigenvalue weighted by Gasteiger charge is 2.44. The molecule has 1 heterocycles. The molecule has 1 aliphatic rings. The molecular formula is C46H83NO8. The van der Waals surface area contributed by atoms with Crippen LogP contribution in [0, 0.1) is 0 Å². The Morgan fingerprint density at radius 1 is 0.600 bits per heavy atom. The lowest BCUT2D eigenvalue weighted by Crippen LogP contribution is -2.60. The van der Waals surface area contributed by atoms with Gasteiger partial charge in [-0.25, -0.2) is 0 Å². The van der Waals surface area contributed by atoms with Gasteiger partial charge in [-0.2, -0.15) is 0 Å². The summed E-state index contributed by atoms with van der Waals surface area (Å²) in [5, 5.41) is 54.1. The zero-order valence-electron chi connectivity index (χ0n) is 34.9. The minimum atomic E-state index is -1.58. The van der Waals surface area contributed by atoms with Gasteiger partial charge in [-0.05, 0) is 70.6 Å². The number of aliphatic hydroxyl groups excluding tert-OH is 5. The number of rotatable bonds is 36. The molecule has 7 unspecified atom stereocenters. The lowest BCUT2D eigenvalue weighted by Gasteiger charge is -2.40. The number of nitrogens with one attached hydrogen (secondary N) is 1. The molecule has 0 aromatic rings. The van der Waals surface area contributed by atoms with E-state index >= 15 is 0 Å². The van der Waals surface area contributed by atoms with E-state index in [1.807, 2.05) is 6.08 Å². The lowest BCUT2D eigenvalue weighted by atomic mass is 9.99. The Morgan fingerprint density at radius 2 is 1.04 bits per heavy atom. The van der Waals surface area contributed by atoms with Gasteiger partial charge in [0.25, 0.3) is 0 Å². The second kappa shape index (κ2) is 36.5. The fraction of sp³-hybridized carbons (Fsp3) is 0.804. The fourth-order valence-corrected chi connectivity index (χ4v) is 6.71. The average molecular weight is 778 g/mol. The zero-order valence-corrected chi connectivity index (χ0v) is 34.9. The van der Waals surface area contributed by atoms with Crippen LogP contribution < -0.4 is 5.32 Å². The zero-order chi connectivity index (χ0) is 40.2. The molecule has 9 nitrogen and oxygen atoms in total. The van der Waals surface area contributed by atoms with Gasteiger partial charge >= 0.3 is 0 Å². The molecule has 1 saturated heterocycles. The normalized spacial score (nSPS) is 21.8. The van der Waals surface area contributed by atoms with Crippen LogP contribution in [0.2, 0.25) is 0 Å². The minimum absolute atomic E-state index is 0.203. The van der Waals surface area contributed by atoms with E-state index in [1.165, 1.54) is 96.3 Å². The Bertz CT molecular complexity index is 998. The number of amides is 1. The number of unbranched alkanes of at least 4 members (excludes halogenated alkanes) is 20. The van der Waals surface area contributed by atoms with Gasteiger partial charge in [-0.1, -0.05) is 152 Å². The first-order chi connectivity index (χ1) is 26.8. The Balaban J connectivity index is 2.42. The molecule has 0 saturated carbocycles. The number of carbonyl (C=O) groups is 1. The number of hydrogen-bond donors (Lipinski definition) is 6. The third kappa shape index (κ3) is 27.4. The van der Waals surface area contributed by atoms with E-state index in [1.54, 1.807) is 6.08 Å². The van der Waals surface area contributed by atoms with Crippen molar-refractivity contribution in [3.8, 4) is 0 Å². The first kappa shape index (κ1) is 51.2. The van der Waals surface area contributed by atoms with Crippen LogP contribution in [-0.4, -0.2) is 87.5 Å². The number of hydrogen-bond acceptors (Lipinski definition) is 8. The molecule has 1 amide bonds. The summed E-state index contributed by atoms with van der Waals surface area (Å²) in [6.07, 6.45) is 38.7. The minimum Gasteiger partial charge on any atom is -0.394 e. The van der Waals surface area contributed by atoms with Gasteiger partial charge in [0, 0.05) is 6.42 Å². The second-order valence-electron chi connectivity index (χ2n) is 15.5. The standard InChI is InChI=1S/C46H83NO8/c1-3-5-7-9-11-13-15-17-18-19-20-21-22-24-25-27-29-31-33-35-40(49)39(38-54-46-45(53)44(52)43(51)41(37-48)55-46)47-42(50)36-34-32-30-28-26-23-16-14-12-10-8-6-4-2/h14,16,20-21,25,27,33,35,39-41,43-46,48-49,51-53H,3-13,15,17-19,22-24,26,28-32,34,36-38H2,1-2H3,(H,47,50)/b16-14-,21-20+,27-25+,35-33+. The summed E-state index contributed by atoms with van der Waals surface area (Å²) in [5.74, 6) is -0.203. The van der Waals surface area contributed by atoms with Crippen LogP contribution in [0.1, 0.15) is 181 Å². The maximum atomic E-state index is 12.9. The Labute approximate surface area is 335 Å². The van der Waals surface area contributed by atoms with Gasteiger partial charge in [0.1, 0.15) is 24.4 Å². The maximum Gasteiger partial charge on any atom is 0.220 e. The van der Waals surface area contributed by atoms with E-state index in [-0.39, 0.29) is 12.5 Å². The van der Waals surface area contributed by atoms with Crippen LogP contribution in [-0.2, 0) is 14.3 Å². The van der Waals surface area contributed by atoms with Crippen molar-refractivity contribution in [2.75, 3.05) is 13.2 Å². The summed E-state index contributed by atoms with van der Waals surface area (Å²) in [6.45, 7) is 3.71. The van der Waals surface area contributed by atoms with Gasteiger partial charge in [-0.15, -0.1) is 0 Å². The molecule has 1 rings (SSSR count). The smallest absolute Gasteiger partial charge is 0.220 e. The van der Waals surface area contributed by atoms with Crippen molar-refractivity contribution in [2.24, 2.45) is 0 Å². The molecule has 0 spiro atoms. The third-order valence-corrected chi connectivity index (χ3v) is 10.4. The molecule has 0 aromatic heterocycles. The number of aliphatic hydroxyl groups is 5. The molecule has 320 valence electrons. The SMILES string of the molecule is CCCCCC/C=C\CCCCCCCC(=O)NC(COC1OC(CO)C(O)C(O)C1O)C(O)/C=C/CC/C=C/CC/C=C/CCCCCCCCCCC. The van der Waals surface area contributed by atoms with Crippen molar-refractivity contribution in [3.63, 3.8) is 0 Å². The van der Waals surface area contributed by atoms with Crippen LogP contribution in [0.15, 0.2) is 48.6 Å². The highest BCUT2D eigenvalue weighted by atomic mass is 16.7. The van der Waals surface area contributed by atoms with Crippen LogP contribution in [0.4, 0.5) is 0 Å². The molecule has 0 aliphatic carbocycles. The van der Waals surface area contributed by atoms with Gasteiger partial charge in [0.15, 0.2) is 6.29 Å². The molecule has 0 aromatic carbocycles. The van der Waals surface area contributed by atoms with E-state index in [9.17, 15) is 30.3 Å².